The van der Waals surface area contributed by atoms with Crippen molar-refractivity contribution in [3.8, 4) is 0 Å². The van der Waals surface area contributed by atoms with Crippen molar-refractivity contribution in [2.45, 2.75) is 57.2 Å². The van der Waals surface area contributed by atoms with E-state index in [0.29, 0.717) is 5.92 Å². The molecule has 0 spiro atoms. The van der Waals surface area contributed by atoms with E-state index in [0.717, 1.165) is 58.2 Å². The molecule has 1 aromatic rings. The Balaban J connectivity index is 1.40. The number of aliphatic hydroxyl groups excluding tert-OH is 1. The lowest BCUT2D eigenvalue weighted by Gasteiger charge is -2.34. The van der Waals surface area contributed by atoms with Gasteiger partial charge in [0, 0.05) is 31.8 Å². The van der Waals surface area contributed by atoms with Crippen LogP contribution in [-0.4, -0.2) is 47.8 Å². The number of carbonyl (C=O) groups excluding carboxylic acids is 1. The van der Waals surface area contributed by atoms with Crippen LogP contribution in [0.25, 0.3) is 0 Å². The third-order valence-corrected chi connectivity index (χ3v) is 5.53. The van der Waals surface area contributed by atoms with Crippen molar-refractivity contribution >= 4 is 6.03 Å². The number of hydrogen-bond acceptors (Lipinski definition) is 3. The molecule has 0 radical (unpaired) electrons. The first kappa shape index (κ1) is 18.2. The van der Waals surface area contributed by atoms with Crippen LogP contribution < -0.4 is 10.6 Å². The molecule has 1 aromatic carbocycles. The fraction of sp³-hybridized carbons (Fsp3) is 0.650. The van der Waals surface area contributed by atoms with Crippen molar-refractivity contribution in [1.82, 2.24) is 15.5 Å². The topological polar surface area (TPSA) is 64.6 Å². The highest BCUT2D eigenvalue weighted by atomic mass is 16.3. The molecule has 0 bridgehead atoms. The van der Waals surface area contributed by atoms with E-state index in [1.807, 2.05) is 6.07 Å². The lowest BCUT2D eigenvalue weighted by Crippen LogP contribution is -2.52. The van der Waals surface area contributed by atoms with Gasteiger partial charge < -0.3 is 15.7 Å². The number of benzene rings is 1. The van der Waals surface area contributed by atoms with Crippen LogP contribution >= 0.6 is 0 Å². The fourth-order valence-corrected chi connectivity index (χ4v) is 4.06. The molecule has 138 valence electrons. The van der Waals surface area contributed by atoms with Gasteiger partial charge >= 0.3 is 6.03 Å². The van der Waals surface area contributed by atoms with E-state index in [9.17, 15) is 9.90 Å². The summed E-state index contributed by atoms with van der Waals surface area (Å²) in [7, 11) is 0. The van der Waals surface area contributed by atoms with Gasteiger partial charge in [0.05, 0.1) is 0 Å². The number of amides is 2. The van der Waals surface area contributed by atoms with Gasteiger partial charge in [-0.3, -0.25) is 4.90 Å². The molecule has 2 aliphatic rings. The lowest BCUT2D eigenvalue weighted by atomic mass is 9.87. The molecule has 1 heterocycles. The Labute approximate surface area is 150 Å². The van der Waals surface area contributed by atoms with Crippen molar-refractivity contribution in [1.29, 1.82) is 0 Å². The van der Waals surface area contributed by atoms with Crippen LogP contribution in [0.2, 0.25) is 0 Å². The highest BCUT2D eigenvalue weighted by molar-refractivity contribution is 5.74. The summed E-state index contributed by atoms with van der Waals surface area (Å²) in [4.78, 5) is 14.7. The van der Waals surface area contributed by atoms with E-state index in [2.05, 4.69) is 39.8 Å². The smallest absolute Gasteiger partial charge is 0.315 e. The number of hydrogen-bond donors (Lipinski definition) is 3. The molecule has 1 atom stereocenters. The first-order valence-corrected chi connectivity index (χ1v) is 9.67. The highest BCUT2D eigenvalue weighted by Crippen LogP contribution is 2.23. The Kier molecular flexibility index (Phi) is 6.70. The van der Waals surface area contributed by atoms with Crippen molar-refractivity contribution < 1.29 is 9.90 Å². The van der Waals surface area contributed by atoms with Crippen LogP contribution in [-0.2, 0) is 6.54 Å². The second kappa shape index (κ2) is 9.20. The third-order valence-electron chi connectivity index (χ3n) is 5.53. The number of urea groups is 1. The quantitative estimate of drug-likeness (QED) is 0.768. The van der Waals surface area contributed by atoms with E-state index in [1.54, 1.807) is 0 Å². The lowest BCUT2D eigenvalue weighted by molar-refractivity contribution is 0.167. The maximum Gasteiger partial charge on any atom is 0.315 e. The van der Waals surface area contributed by atoms with Gasteiger partial charge in [-0.1, -0.05) is 30.3 Å². The van der Waals surface area contributed by atoms with Crippen LogP contribution in [0, 0.1) is 5.92 Å². The normalized spacial score (nSPS) is 27.6. The Morgan fingerprint density at radius 3 is 2.48 bits per heavy atom. The predicted molar refractivity (Wildman–Crippen MR) is 99.2 cm³/mol. The number of likely N-dealkylation sites (tertiary alicyclic amines) is 1. The van der Waals surface area contributed by atoms with Gasteiger partial charge in [0.1, 0.15) is 0 Å². The number of carbonyl (C=O) groups is 1. The maximum atomic E-state index is 12.3. The van der Waals surface area contributed by atoms with Crippen molar-refractivity contribution in [2.24, 2.45) is 5.92 Å². The minimum Gasteiger partial charge on any atom is -0.396 e. The predicted octanol–water partition coefficient (Wildman–Crippen LogP) is 2.50. The molecule has 3 N–H and O–H groups in total. The molecule has 1 aliphatic heterocycles. The molecule has 25 heavy (non-hydrogen) atoms. The van der Waals surface area contributed by atoms with Gasteiger partial charge in [0.25, 0.3) is 0 Å². The molecule has 5 heteroatoms. The van der Waals surface area contributed by atoms with E-state index in [-0.39, 0.29) is 24.7 Å². The molecule has 1 saturated carbocycles. The van der Waals surface area contributed by atoms with Crippen molar-refractivity contribution in [3.63, 3.8) is 0 Å². The summed E-state index contributed by atoms with van der Waals surface area (Å²) in [5.74, 6) is 0.422. The zero-order chi connectivity index (χ0) is 17.5. The minimum absolute atomic E-state index is 0.0287. The molecule has 5 nitrogen and oxygen atoms in total. The summed E-state index contributed by atoms with van der Waals surface area (Å²) in [6.45, 7) is 3.24. The van der Waals surface area contributed by atoms with Crippen molar-refractivity contribution in [2.75, 3.05) is 19.7 Å². The van der Waals surface area contributed by atoms with Gasteiger partial charge in [-0.05, 0) is 56.6 Å². The average Bonchev–Trinajstić information content (AvgIpc) is 2.63. The van der Waals surface area contributed by atoms with Crippen LogP contribution in [0.15, 0.2) is 30.3 Å². The molecular formula is C20H31N3O2. The number of nitrogens with one attached hydrogen (secondary N) is 2. The second-order valence-corrected chi connectivity index (χ2v) is 7.58. The second-order valence-electron chi connectivity index (χ2n) is 7.58. The molecule has 0 aromatic heterocycles. The fourth-order valence-electron chi connectivity index (χ4n) is 4.06. The highest BCUT2D eigenvalue weighted by Gasteiger charge is 2.24. The summed E-state index contributed by atoms with van der Waals surface area (Å²) >= 11 is 0. The Hall–Kier alpha value is -1.59. The molecule has 2 fully saturated rings. The zero-order valence-corrected chi connectivity index (χ0v) is 15.0. The molecule has 1 aliphatic carbocycles. The van der Waals surface area contributed by atoms with Gasteiger partial charge in [0.2, 0.25) is 0 Å². The summed E-state index contributed by atoms with van der Waals surface area (Å²) < 4.78 is 0. The Morgan fingerprint density at radius 2 is 1.76 bits per heavy atom. The number of rotatable bonds is 5. The van der Waals surface area contributed by atoms with Crippen LogP contribution in [0.1, 0.15) is 44.1 Å². The average molecular weight is 345 g/mol. The van der Waals surface area contributed by atoms with Gasteiger partial charge in [-0.15, -0.1) is 0 Å². The van der Waals surface area contributed by atoms with Crippen LogP contribution in [0.5, 0.6) is 0 Å². The minimum atomic E-state index is -0.0287. The first-order valence-electron chi connectivity index (χ1n) is 9.67. The summed E-state index contributed by atoms with van der Waals surface area (Å²) in [5.41, 5.74) is 1.33. The first-order chi connectivity index (χ1) is 12.2. The zero-order valence-electron chi connectivity index (χ0n) is 15.0. The van der Waals surface area contributed by atoms with Gasteiger partial charge in [-0.25, -0.2) is 4.79 Å². The van der Waals surface area contributed by atoms with Gasteiger partial charge in [-0.2, -0.15) is 0 Å². The van der Waals surface area contributed by atoms with Crippen LogP contribution in [0.4, 0.5) is 4.79 Å². The summed E-state index contributed by atoms with van der Waals surface area (Å²) in [6, 6.07) is 11.0. The van der Waals surface area contributed by atoms with E-state index >= 15 is 0 Å². The summed E-state index contributed by atoms with van der Waals surface area (Å²) in [5, 5.41) is 15.5. The third kappa shape index (κ3) is 5.72. The number of piperidine rings is 1. The number of nitrogens with zero attached hydrogens (tertiary/aromatic N) is 1. The van der Waals surface area contributed by atoms with Gasteiger partial charge in [0.15, 0.2) is 0 Å². The van der Waals surface area contributed by atoms with E-state index in [4.69, 9.17) is 0 Å². The van der Waals surface area contributed by atoms with E-state index in [1.165, 1.54) is 5.56 Å². The Bertz CT molecular complexity index is 529. The standard InChI is InChI=1S/C20H31N3O2/c24-15-17-8-10-18(11-9-17)21-20(25)22-19-7-4-12-23(14-19)13-16-5-2-1-3-6-16/h1-3,5-6,17-19,24H,4,7-15H2,(H2,21,22,25). The SMILES string of the molecule is O=C(NC1CCC(CO)CC1)NC1CCCN(Cc2ccccc2)C1. The number of aliphatic hydroxyl groups is 1. The molecule has 1 unspecified atom stereocenters. The molecule has 3 rings (SSSR count). The maximum absolute atomic E-state index is 12.3. The van der Waals surface area contributed by atoms with Crippen molar-refractivity contribution in [3.05, 3.63) is 35.9 Å². The van der Waals surface area contributed by atoms with E-state index < -0.39 is 0 Å². The largest absolute Gasteiger partial charge is 0.396 e. The molecule has 1 saturated heterocycles. The summed E-state index contributed by atoms with van der Waals surface area (Å²) in [6.07, 6.45) is 6.15. The molecular weight excluding hydrogens is 314 g/mol. The monoisotopic (exact) mass is 345 g/mol. The van der Waals surface area contributed by atoms with Crippen LogP contribution in [0.3, 0.4) is 0 Å². The molecule has 2 amide bonds. The Morgan fingerprint density at radius 1 is 1.04 bits per heavy atom.